The van der Waals surface area contributed by atoms with E-state index in [1.807, 2.05) is 19.9 Å². The van der Waals surface area contributed by atoms with Gasteiger partial charge in [-0.3, -0.25) is 4.79 Å². The fourth-order valence-corrected chi connectivity index (χ4v) is 4.50. The first kappa shape index (κ1) is 24.3. The molecule has 0 radical (unpaired) electrons. The maximum atomic E-state index is 13.0. The number of rotatable bonds is 7. The van der Waals surface area contributed by atoms with Crippen LogP contribution in [0.3, 0.4) is 0 Å². The van der Waals surface area contributed by atoms with Crippen LogP contribution in [0.5, 0.6) is 11.5 Å². The summed E-state index contributed by atoms with van der Waals surface area (Å²) in [6.45, 7) is 5.74. The second-order valence-electron chi connectivity index (χ2n) is 9.44. The van der Waals surface area contributed by atoms with Crippen molar-refractivity contribution >= 4 is 22.8 Å². The number of nitrogens with one attached hydrogen (secondary N) is 1. The standard InChI is InChI=1S/C27H29NO7/c1-15-18(13-22(29)28-19(25(30)31)12-16-8-6-5-7-9-16)26(32)34-24-17-10-11-27(2,3)35-20(17)14-21(33-4)23(15)24/h5-9,14,19H,10-13H2,1-4H3,(H,28,29)(H,30,31)/t19-/m0/s1. The zero-order valence-electron chi connectivity index (χ0n) is 20.3. The number of hydrogen-bond donors (Lipinski definition) is 2. The van der Waals surface area contributed by atoms with Gasteiger partial charge in [0.15, 0.2) is 0 Å². The zero-order valence-corrected chi connectivity index (χ0v) is 20.3. The summed E-state index contributed by atoms with van der Waals surface area (Å²) < 4.78 is 17.4. The maximum absolute atomic E-state index is 13.0. The fraction of sp³-hybridized carbons (Fsp3) is 0.370. The van der Waals surface area contributed by atoms with Gasteiger partial charge in [0.05, 0.1) is 24.5 Å². The third-order valence-corrected chi connectivity index (χ3v) is 6.41. The quantitative estimate of drug-likeness (QED) is 0.498. The summed E-state index contributed by atoms with van der Waals surface area (Å²) >= 11 is 0. The molecule has 0 bridgehead atoms. The lowest BCUT2D eigenvalue weighted by molar-refractivity contribution is -0.141. The number of benzene rings is 2. The molecule has 184 valence electrons. The zero-order chi connectivity index (χ0) is 25.3. The molecule has 1 aliphatic heterocycles. The van der Waals surface area contributed by atoms with E-state index in [0.717, 1.165) is 17.5 Å². The Morgan fingerprint density at radius 1 is 1.23 bits per heavy atom. The normalized spacial score (nSPS) is 15.1. The minimum absolute atomic E-state index is 0.129. The van der Waals surface area contributed by atoms with Crippen LogP contribution in [0.25, 0.3) is 11.0 Å². The molecule has 8 nitrogen and oxygen atoms in total. The number of carbonyl (C=O) groups excluding carboxylic acids is 1. The highest BCUT2D eigenvalue weighted by molar-refractivity contribution is 5.93. The first-order chi connectivity index (χ1) is 16.6. The van der Waals surface area contributed by atoms with Gasteiger partial charge in [-0.25, -0.2) is 9.59 Å². The number of ether oxygens (including phenoxy) is 2. The molecule has 1 aromatic heterocycles. The second-order valence-corrected chi connectivity index (χ2v) is 9.44. The Morgan fingerprint density at radius 2 is 1.94 bits per heavy atom. The molecule has 35 heavy (non-hydrogen) atoms. The lowest BCUT2D eigenvalue weighted by atomic mass is 9.91. The molecule has 0 saturated heterocycles. The summed E-state index contributed by atoms with van der Waals surface area (Å²) in [5.41, 5.74) is 1.71. The van der Waals surface area contributed by atoms with E-state index < -0.39 is 23.5 Å². The van der Waals surface area contributed by atoms with E-state index >= 15 is 0 Å². The number of aliphatic carboxylic acids is 1. The minimum Gasteiger partial charge on any atom is -0.496 e. The molecule has 0 fully saturated rings. The number of aryl methyl sites for hydroxylation is 2. The Kier molecular flexibility index (Phi) is 6.56. The van der Waals surface area contributed by atoms with E-state index in [1.165, 1.54) is 7.11 Å². The first-order valence-corrected chi connectivity index (χ1v) is 11.5. The van der Waals surface area contributed by atoms with E-state index in [0.29, 0.717) is 34.5 Å². The molecule has 1 amide bonds. The Bertz CT molecular complexity index is 1340. The predicted molar refractivity (Wildman–Crippen MR) is 130 cm³/mol. The summed E-state index contributed by atoms with van der Waals surface area (Å²) in [7, 11) is 1.52. The summed E-state index contributed by atoms with van der Waals surface area (Å²) in [6.07, 6.45) is 1.24. The van der Waals surface area contributed by atoms with Gasteiger partial charge in [0.25, 0.3) is 0 Å². The molecule has 2 heterocycles. The van der Waals surface area contributed by atoms with Gasteiger partial charge >= 0.3 is 11.6 Å². The van der Waals surface area contributed by atoms with E-state index in [2.05, 4.69) is 5.32 Å². The molecular formula is C27H29NO7. The van der Waals surface area contributed by atoms with Crippen molar-refractivity contribution in [2.75, 3.05) is 7.11 Å². The number of carboxylic acids is 1. The molecule has 3 aromatic rings. The maximum Gasteiger partial charge on any atom is 0.340 e. The molecule has 1 atom stereocenters. The first-order valence-electron chi connectivity index (χ1n) is 11.5. The van der Waals surface area contributed by atoms with Gasteiger partial charge in [0, 0.05) is 18.1 Å². The summed E-state index contributed by atoms with van der Waals surface area (Å²) in [6, 6.07) is 9.69. The highest BCUT2D eigenvalue weighted by atomic mass is 16.5. The molecule has 2 N–H and O–H groups in total. The Hall–Kier alpha value is -3.81. The number of hydrogen-bond acceptors (Lipinski definition) is 6. The monoisotopic (exact) mass is 479 g/mol. The highest BCUT2D eigenvalue weighted by Crippen LogP contribution is 2.43. The van der Waals surface area contributed by atoms with Crippen molar-refractivity contribution in [3.63, 3.8) is 0 Å². The van der Waals surface area contributed by atoms with Crippen LogP contribution in [0, 0.1) is 6.92 Å². The SMILES string of the molecule is COc1cc2c(c3oc(=O)c(CC(=O)N[C@@H](Cc4ccccc4)C(=O)O)c(C)c13)CCC(C)(C)O2. The van der Waals surface area contributed by atoms with Gasteiger partial charge in [0.2, 0.25) is 5.91 Å². The third-order valence-electron chi connectivity index (χ3n) is 6.41. The van der Waals surface area contributed by atoms with Crippen LogP contribution in [0.2, 0.25) is 0 Å². The van der Waals surface area contributed by atoms with Crippen LogP contribution in [-0.4, -0.2) is 35.7 Å². The van der Waals surface area contributed by atoms with Gasteiger partial charge in [-0.2, -0.15) is 0 Å². The largest absolute Gasteiger partial charge is 0.496 e. The van der Waals surface area contributed by atoms with Gasteiger partial charge in [0.1, 0.15) is 28.7 Å². The van der Waals surface area contributed by atoms with E-state index in [4.69, 9.17) is 13.9 Å². The lowest BCUT2D eigenvalue weighted by Crippen LogP contribution is -2.43. The summed E-state index contributed by atoms with van der Waals surface area (Å²) in [5.74, 6) is -0.638. The van der Waals surface area contributed by atoms with Gasteiger partial charge < -0.3 is 24.3 Å². The average molecular weight is 480 g/mol. The molecule has 0 saturated carbocycles. The van der Waals surface area contributed by atoms with Crippen LogP contribution in [0.1, 0.15) is 42.5 Å². The molecule has 2 aromatic carbocycles. The Balaban J connectivity index is 1.66. The lowest BCUT2D eigenvalue weighted by Gasteiger charge is -2.33. The highest BCUT2D eigenvalue weighted by Gasteiger charge is 2.31. The second kappa shape index (κ2) is 9.44. The Labute approximate surface area is 202 Å². The molecule has 0 aliphatic carbocycles. The summed E-state index contributed by atoms with van der Waals surface area (Å²) in [4.78, 5) is 37.5. The summed E-state index contributed by atoms with van der Waals surface area (Å²) in [5, 5.41) is 12.7. The minimum atomic E-state index is -1.15. The van der Waals surface area contributed by atoms with Crippen LogP contribution < -0.4 is 20.4 Å². The molecule has 1 aliphatic rings. The smallest absolute Gasteiger partial charge is 0.340 e. The molecule has 4 rings (SSSR count). The van der Waals surface area contributed by atoms with Crippen molar-refractivity contribution in [1.29, 1.82) is 0 Å². The molecule has 8 heteroatoms. The molecule has 0 unspecified atom stereocenters. The van der Waals surface area contributed by atoms with Crippen molar-refractivity contribution in [3.8, 4) is 11.5 Å². The van der Waals surface area contributed by atoms with Crippen LogP contribution in [0.15, 0.2) is 45.6 Å². The van der Waals surface area contributed by atoms with Crippen molar-refractivity contribution < 1.29 is 28.6 Å². The van der Waals surface area contributed by atoms with Crippen molar-refractivity contribution in [2.45, 2.75) is 58.1 Å². The van der Waals surface area contributed by atoms with E-state index in [1.54, 1.807) is 37.3 Å². The van der Waals surface area contributed by atoms with E-state index in [9.17, 15) is 19.5 Å². The van der Waals surface area contributed by atoms with E-state index in [-0.39, 0.29) is 24.0 Å². The predicted octanol–water partition coefficient (Wildman–Crippen LogP) is 3.57. The van der Waals surface area contributed by atoms with Crippen molar-refractivity contribution in [3.05, 3.63) is 69.1 Å². The van der Waals surface area contributed by atoms with Crippen LogP contribution in [0.4, 0.5) is 0 Å². The fourth-order valence-electron chi connectivity index (χ4n) is 4.50. The number of amides is 1. The van der Waals surface area contributed by atoms with Crippen LogP contribution in [-0.2, 0) is 28.9 Å². The average Bonchev–Trinajstić information content (AvgIpc) is 2.80. The van der Waals surface area contributed by atoms with Crippen molar-refractivity contribution in [2.24, 2.45) is 0 Å². The molecular weight excluding hydrogens is 450 g/mol. The number of carboxylic acid groups (broad SMARTS) is 1. The third kappa shape index (κ3) is 5.01. The molecule has 0 spiro atoms. The number of methoxy groups -OCH3 is 1. The topological polar surface area (TPSA) is 115 Å². The van der Waals surface area contributed by atoms with Crippen LogP contribution >= 0.6 is 0 Å². The Morgan fingerprint density at radius 3 is 2.60 bits per heavy atom. The number of fused-ring (bicyclic) bond motifs is 3. The number of carbonyl (C=O) groups is 2. The van der Waals surface area contributed by atoms with Gasteiger partial charge in [-0.15, -0.1) is 0 Å². The van der Waals surface area contributed by atoms with Gasteiger partial charge in [-0.1, -0.05) is 30.3 Å². The van der Waals surface area contributed by atoms with Crippen molar-refractivity contribution in [1.82, 2.24) is 5.32 Å². The van der Waals surface area contributed by atoms with Gasteiger partial charge in [-0.05, 0) is 44.7 Å².